The van der Waals surface area contributed by atoms with Crippen molar-refractivity contribution in [2.45, 2.75) is 19.3 Å². The molecule has 1 aliphatic carbocycles. The minimum Gasteiger partial charge on any atom is -0.493 e. The highest BCUT2D eigenvalue weighted by atomic mass is 19.1. The Bertz CT molecular complexity index is 940. The lowest BCUT2D eigenvalue weighted by Crippen LogP contribution is -2.42. The molecule has 2 aromatic carbocycles. The van der Waals surface area contributed by atoms with E-state index in [-0.39, 0.29) is 35.6 Å². The van der Waals surface area contributed by atoms with Crippen molar-refractivity contribution in [1.29, 1.82) is 0 Å². The molecule has 1 unspecified atom stereocenters. The molecule has 1 spiro atoms. The number of benzene rings is 2. The van der Waals surface area contributed by atoms with Crippen LogP contribution in [0.1, 0.15) is 19.3 Å². The molecule has 2 fully saturated rings. The molecule has 0 bridgehead atoms. The molecule has 2 aromatic rings. The minimum absolute atomic E-state index is 0.0440. The van der Waals surface area contributed by atoms with E-state index < -0.39 is 0 Å². The average molecular weight is 412 g/mol. The van der Waals surface area contributed by atoms with Gasteiger partial charge < -0.3 is 19.7 Å². The van der Waals surface area contributed by atoms with Crippen LogP contribution in [0.4, 0.5) is 10.1 Å². The second-order valence-electron chi connectivity index (χ2n) is 7.94. The van der Waals surface area contributed by atoms with Gasteiger partial charge in [0.1, 0.15) is 5.82 Å². The zero-order valence-electron chi connectivity index (χ0n) is 16.9. The Balaban J connectivity index is 1.26. The molecule has 1 aliphatic heterocycles. The van der Waals surface area contributed by atoms with Crippen LogP contribution >= 0.6 is 0 Å². The normalized spacial score (nSPS) is 19.3. The van der Waals surface area contributed by atoms with Gasteiger partial charge in [0.15, 0.2) is 18.1 Å². The summed E-state index contributed by atoms with van der Waals surface area (Å²) < 4.78 is 24.2. The van der Waals surface area contributed by atoms with Gasteiger partial charge in [0.2, 0.25) is 5.91 Å². The number of nitrogens with zero attached hydrogens (tertiary/aromatic N) is 1. The largest absolute Gasteiger partial charge is 0.493 e. The molecule has 4 rings (SSSR count). The van der Waals surface area contributed by atoms with Crippen molar-refractivity contribution < 1.29 is 23.5 Å². The lowest BCUT2D eigenvalue weighted by Gasteiger charge is -2.32. The van der Waals surface area contributed by atoms with Crippen molar-refractivity contribution in [2.24, 2.45) is 11.3 Å². The number of carbonyl (C=O) groups excluding carboxylic acids is 2. The molecule has 0 aromatic heterocycles. The van der Waals surface area contributed by atoms with Crippen LogP contribution in [0.25, 0.3) is 0 Å². The maximum atomic E-state index is 13.3. The van der Waals surface area contributed by atoms with Crippen LogP contribution in [0.2, 0.25) is 0 Å². The van der Waals surface area contributed by atoms with Gasteiger partial charge in [-0.05, 0) is 55.0 Å². The highest BCUT2D eigenvalue weighted by Crippen LogP contribution is 2.59. The predicted molar refractivity (Wildman–Crippen MR) is 110 cm³/mol. The maximum Gasteiger partial charge on any atom is 0.260 e. The van der Waals surface area contributed by atoms with Crippen molar-refractivity contribution in [3.8, 4) is 11.5 Å². The fourth-order valence-corrected chi connectivity index (χ4v) is 4.24. The predicted octanol–water partition coefficient (Wildman–Crippen LogP) is 3.48. The Morgan fingerprint density at radius 3 is 2.57 bits per heavy atom. The zero-order valence-corrected chi connectivity index (χ0v) is 16.9. The maximum absolute atomic E-state index is 13.3. The van der Waals surface area contributed by atoms with E-state index in [1.165, 1.54) is 12.1 Å². The molecule has 2 amide bonds. The SMILES string of the molecule is COc1ccccc1OCC(=O)N1CCC2(CC1)CC2C(=O)Nc1cccc(F)c1. The first-order valence-corrected chi connectivity index (χ1v) is 10.1. The summed E-state index contributed by atoms with van der Waals surface area (Å²) in [6.07, 6.45) is 2.39. The van der Waals surface area contributed by atoms with E-state index in [0.29, 0.717) is 30.3 Å². The van der Waals surface area contributed by atoms with Crippen molar-refractivity contribution >= 4 is 17.5 Å². The summed E-state index contributed by atoms with van der Waals surface area (Å²) in [5.74, 6) is 0.534. The van der Waals surface area contributed by atoms with Gasteiger partial charge in [0, 0.05) is 24.7 Å². The Kier molecular flexibility index (Phi) is 5.61. The second kappa shape index (κ2) is 8.34. The molecule has 1 saturated heterocycles. The van der Waals surface area contributed by atoms with Gasteiger partial charge in [0.05, 0.1) is 7.11 Å². The first-order valence-electron chi connectivity index (χ1n) is 10.1. The molecule has 0 radical (unpaired) electrons. The van der Waals surface area contributed by atoms with Gasteiger partial charge in [-0.2, -0.15) is 0 Å². The lowest BCUT2D eigenvalue weighted by molar-refractivity contribution is -0.135. The van der Waals surface area contributed by atoms with Crippen molar-refractivity contribution in [2.75, 3.05) is 32.1 Å². The van der Waals surface area contributed by atoms with E-state index in [4.69, 9.17) is 9.47 Å². The molecule has 1 N–H and O–H groups in total. The summed E-state index contributed by atoms with van der Waals surface area (Å²) in [5, 5.41) is 2.81. The van der Waals surface area contributed by atoms with Crippen LogP contribution in [0.5, 0.6) is 11.5 Å². The van der Waals surface area contributed by atoms with Crippen LogP contribution in [-0.2, 0) is 9.59 Å². The third-order valence-corrected chi connectivity index (χ3v) is 6.13. The highest BCUT2D eigenvalue weighted by molar-refractivity contribution is 5.95. The average Bonchev–Trinajstić information content (AvgIpc) is 3.46. The van der Waals surface area contributed by atoms with E-state index in [9.17, 15) is 14.0 Å². The van der Waals surface area contributed by atoms with Gasteiger partial charge in [-0.25, -0.2) is 4.39 Å². The fraction of sp³-hybridized carbons (Fsp3) is 0.391. The quantitative estimate of drug-likeness (QED) is 0.789. The molecular formula is C23H25FN2O4. The van der Waals surface area contributed by atoms with Gasteiger partial charge in [-0.15, -0.1) is 0 Å². The number of ether oxygens (including phenoxy) is 2. The Morgan fingerprint density at radius 2 is 1.87 bits per heavy atom. The van der Waals surface area contributed by atoms with Crippen LogP contribution in [-0.4, -0.2) is 43.5 Å². The van der Waals surface area contributed by atoms with Crippen LogP contribution in [0.3, 0.4) is 0 Å². The number of amides is 2. The Morgan fingerprint density at radius 1 is 1.13 bits per heavy atom. The molecular weight excluding hydrogens is 387 g/mol. The van der Waals surface area contributed by atoms with Gasteiger partial charge in [-0.3, -0.25) is 9.59 Å². The molecule has 1 heterocycles. The van der Waals surface area contributed by atoms with Crippen molar-refractivity contribution in [1.82, 2.24) is 4.90 Å². The summed E-state index contributed by atoms with van der Waals surface area (Å²) in [6.45, 7) is 1.17. The molecule has 1 atom stereocenters. The number of anilines is 1. The monoisotopic (exact) mass is 412 g/mol. The van der Waals surface area contributed by atoms with Gasteiger partial charge in [-0.1, -0.05) is 18.2 Å². The summed E-state index contributed by atoms with van der Waals surface area (Å²) in [5.41, 5.74) is 0.431. The summed E-state index contributed by atoms with van der Waals surface area (Å²) in [6, 6.07) is 13.1. The third kappa shape index (κ3) is 4.25. The summed E-state index contributed by atoms with van der Waals surface area (Å²) >= 11 is 0. The first-order chi connectivity index (χ1) is 14.5. The topological polar surface area (TPSA) is 67.9 Å². The minimum atomic E-state index is -0.375. The molecule has 30 heavy (non-hydrogen) atoms. The Hall–Kier alpha value is -3.09. The summed E-state index contributed by atoms with van der Waals surface area (Å²) in [7, 11) is 1.56. The third-order valence-electron chi connectivity index (χ3n) is 6.13. The number of halogens is 1. The van der Waals surface area contributed by atoms with Crippen LogP contribution < -0.4 is 14.8 Å². The molecule has 1 saturated carbocycles. The molecule has 6 nitrogen and oxygen atoms in total. The Labute approximate surface area is 175 Å². The first kappa shape index (κ1) is 20.2. The number of hydrogen-bond donors (Lipinski definition) is 1. The number of rotatable bonds is 6. The van der Waals surface area contributed by atoms with E-state index in [1.807, 2.05) is 12.1 Å². The number of para-hydroxylation sites is 2. The van der Waals surface area contributed by atoms with Gasteiger partial charge in [0.25, 0.3) is 5.91 Å². The number of hydrogen-bond acceptors (Lipinski definition) is 4. The van der Waals surface area contributed by atoms with E-state index >= 15 is 0 Å². The number of piperidine rings is 1. The molecule has 158 valence electrons. The van der Waals surface area contributed by atoms with E-state index in [0.717, 1.165) is 19.3 Å². The fourth-order valence-electron chi connectivity index (χ4n) is 4.24. The van der Waals surface area contributed by atoms with Crippen molar-refractivity contribution in [3.05, 3.63) is 54.3 Å². The second-order valence-corrected chi connectivity index (χ2v) is 7.94. The van der Waals surface area contributed by atoms with Crippen molar-refractivity contribution in [3.63, 3.8) is 0 Å². The highest BCUT2D eigenvalue weighted by Gasteiger charge is 2.58. The number of likely N-dealkylation sites (tertiary alicyclic amines) is 1. The lowest BCUT2D eigenvalue weighted by atomic mass is 9.90. The standard InChI is InChI=1S/C23H25FN2O4/c1-29-19-7-2-3-8-20(19)30-15-21(27)26-11-9-23(10-12-26)14-18(23)22(28)25-17-6-4-5-16(24)13-17/h2-8,13,18H,9-12,14-15H2,1H3,(H,25,28). The molecule has 2 aliphatic rings. The molecule has 7 heteroatoms. The number of carbonyl (C=O) groups is 2. The van der Waals surface area contributed by atoms with Crippen LogP contribution in [0, 0.1) is 17.2 Å². The van der Waals surface area contributed by atoms with E-state index in [1.54, 1.807) is 36.3 Å². The van der Waals surface area contributed by atoms with E-state index in [2.05, 4.69) is 5.32 Å². The number of nitrogens with one attached hydrogen (secondary N) is 1. The smallest absolute Gasteiger partial charge is 0.260 e. The number of methoxy groups -OCH3 is 1. The summed E-state index contributed by atoms with van der Waals surface area (Å²) in [4.78, 5) is 26.9. The van der Waals surface area contributed by atoms with Crippen LogP contribution in [0.15, 0.2) is 48.5 Å². The zero-order chi connectivity index (χ0) is 21.1. The van der Waals surface area contributed by atoms with Gasteiger partial charge >= 0.3 is 0 Å².